The number of carbonyl (C=O) groups is 2. The molecule has 0 aliphatic heterocycles. The molecule has 0 unspecified atom stereocenters. The Labute approximate surface area is 147 Å². The van der Waals surface area contributed by atoms with E-state index in [-0.39, 0.29) is 24.0 Å². The molecule has 25 heavy (non-hydrogen) atoms. The van der Waals surface area contributed by atoms with Gasteiger partial charge in [-0.1, -0.05) is 17.3 Å². The Balaban J connectivity index is 1.99. The molecule has 0 aliphatic carbocycles. The van der Waals surface area contributed by atoms with Gasteiger partial charge in [0.1, 0.15) is 5.76 Å². The van der Waals surface area contributed by atoms with Crippen LogP contribution in [-0.4, -0.2) is 17.1 Å². The molecule has 2 atom stereocenters. The molecule has 7 heteroatoms. The van der Waals surface area contributed by atoms with Crippen LogP contribution in [0.1, 0.15) is 55.4 Å². The second-order valence-corrected chi connectivity index (χ2v) is 6.11. The lowest BCUT2D eigenvalue weighted by Crippen LogP contribution is -2.38. The van der Waals surface area contributed by atoms with Crippen molar-refractivity contribution in [2.75, 3.05) is 5.32 Å². The van der Waals surface area contributed by atoms with Gasteiger partial charge in [-0.3, -0.25) is 4.79 Å². The van der Waals surface area contributed by atoms with Gasteiger partial charge < -0.3 is 20.5 Å². The molecule has 1 heterocycles. The van der Waals surface area contributed by atoms with Gasteiger partial charge in [-0.15, -0.1) is 0 Å². The molecular formula is C18H24N4O3. The number of carbonyl (C=O) groups excluding carboxylic acids is 2. The Morgan fingerprint density at radius 1 is 1.12 bits per heavy atom. The summed E-state index contributed by atoms with van der Waals surface area (Å²) in [6.07, 6.45) is 0. The van der Waals surface area contributed by atoms with E-state index in [1.165, 1.54) is 6.92 Å². The van der Waals surface area contributed by atoms with Crippen LogP contribution in [0.15, 0.2) is 28.8 Å². The topological polar surface area (TPSA) is 96.3 Å². The van der Waals surface area contributed by atoms with Gasteiger partial charge in [0.2, 0.25) is 5.91 Å². The van der Waals surface area contributed by atoms with E-state index in [1.54, 1.807) is 6.07 Å². The first-order valence-corrected chi connectivity index (χ1v) is 8.15. The summed E-state index contributed by atoms with van der Waals surface area (Å²) in [6, 6.07) is 6.65. The van der Waals surface area contributed by atoms with E-state index in [4.69, 9.17) is 4.52 Å². The smallest absolute Gasteiger partial charge is 0.315 e. The third-order valence-corrected chi connectivity index (χ3v) is 3.92. The minimum Gasteiger partial charge on any atom is -0.361 e. The predicted octanol–water partition coefficient (Wildman–Crippen LogP) is 3.37. The number of rotatable bonds is 5. The number of nitrogens with one attached hydrogen (secondary N) is 3. The number of hydrogen-bond acceptors (Lipinski definition) is 4. The van der Waals surface area contributed by atoms with Gasteiger partial charge in [0.15, 0.2) is 0 Å². The molecule has 134 valence electrons. The van der Waals surface area contributed by atoms with Crippen LogP contribution in [-0.2, 0) is 4.79 Å². The van der Waals surface area contributed by atoms with Gasteiger partial charge in [0.25, 0.3) is 0 Å². The minimum atomic E-state index is -0.287. The molecule has 0 bridgehead atoms. The number of aromatic nitrogens is 1. The summed E-state index contributed by atoms with van der Waals surface area (Å²) < 4.78 is 5.14. The maximum absolute atomic E-state index is 12.3. The van der Waals surface area contributed by atoms with Crippen molar-refractivity contribution in [3.8, 4) is 0 Å². The molecule has 0 spiro atoms. The Hall–Kier alpha value is -2.83. The Morgan fingerprint density at radius 3 is 2.40 bits per heavy atom. The molecule has 0 aliphatic rings. The fourth-order valence-electron chi connectivity index (χ4n) is 2.79. The summed E-state index contributed by atoms with van der Waals surface area (Å²) in [4.78, 5) is 23.4. The molecule has 7 nitrogen and oxygen atoms in total. The summed E-state index contributed by atoms with van der Waals surface area (Å²) in [5.41, 5.74) is 3.24. The average Bonchev–Trinajstić information content (AvgIpc) is 2.85. The van der Waals surface area contributed by atoms with Gasteiger partial charge in [0.05, 0.1) is 17.8 Å². The second kappa shape index (κ2) is 7.83. The normalized spacial score (nSPS) is 13.0. The van der Waals surface area contributed by atoms with E-state index in [1.807, 2.05) is 45.9 Å². The number of amides is 3. The SMILES string of the molecule is CC(=O)Nc1cccc([C@@H](C)NC(=O)N[C@@H](C)c2c(C)noc2C)c1. The quantitative estimate of drug-likeness (QED) is 0.775. The van der Waals surface area contributed by atoms with Crippen molar-refractivity contribution in [2.24, 2.45) is 0 Å². The highest BCUT2D eigenvalue weighted by molar-refractivity contribution is 5.88. The van der Waals surface area contributed by atoms with Crippen molar-refractivity contribution in [1.29, 1.82) is 0 Å². The van der Waals surface area contributed by atoms with Crippen molar-refractivity contribution < 1.29 is 14.1 Å². The first kappa shape index (κ1) is 18.5. The first-order chi connectivity index (χ1) is 11.8. The molecule has 2 aromatic rings. The Morgan fingerprint density at radius 2 is 1.80 bits per heavy atom. The maximum Gasteiger partial charge on any atom is 0.315 e. The molecular weight excluding hydrogens is 320 g/mol. The lowest BCUT2D eigenvalue weighted by Gasteiger charge is -2.19. The van der Waals surface area contributed by atoms with Crippen LogP contribution in [0.5, 0.6) is 0 Å². The fraction of sp³-hybridized carbons (Fsp3) is 0.389. The predicted molar refractivity (Wildman–Crippen MR) is 95.2 cm³/mol. The summed E-state index contributed by atoms with van der Waals surface area (Å²) in [6.45, 7) is 8.89. The summed E-state index contributed by atoms with van der Waals surface area (Å²) in [7, 11) is 0. The molecule has 2 rings (SSSR count). The molecule has 0 fully saturated rings. The zero-order chi connectivity index (χ0) is 18.6. The van der Waals surface area contributed by atoms with E-state index in [9.17, 15) is 9.59 Å². The van der Waals surface area contributed by atoms with Crippen molar-refractivity contribution in [3.05, 3.63) is 46.8 Å². The summed E-state index contributed by atoms with van der Waals surface area (Å²) >= 11 is 0. The zero-order valence-corrected chi connectivity index (χ0v) is 15.1. The highest BCUT2D eigenvalue weighted by atomic mass is 16.5. The standard InChI is InChI=1S/C18H24N4O3/c1-10(15-7-6-8-16(9-15)21-14(5)23)19-18(24)20-11(2)17-12(3)22-25-13(17)4/h6-11H,1-5H3,(H,21,23)(H2,19,20,24)/t10-,11+/m1/s1. The van der Waals surface area contributed by atoms with E-state index < -0.39 is 0 Å². The summed E-state index contributed by atoms with van der Waals surface area (Å²) in [5.74, 6) is 0.560. The highest BCUT2D eigenvalue weighted by Crippen LogP contribution is 2.21. The number of urea groups is 1. The van der Waals surface area contributed by atoms with Crippen LogP contribution in [0.3, 0.4) is 0 Å². The van der Waals surface area contributed by atoms with Gasteiger partial charge >= 0.3 is 6.03 Å². The van der Waals surface area contributed by atoms with E-state index >= 15 is 0 Å². The van der Waals surface area contributed by atoms with E-state index in [0.717, 1.165) is 16.8 Å². The van der Waals surface area contributed by atoms with Crippen LogP contribution in [0.2, 0.25) is 0 Å². The van der Waals surface area contributed by atoms with Gasteiger partial charge in [-0.25, -0.2) is 4.79 Å². The third-order valence-electron chi connectivity index (χ3n) is 3.92. The molecule has 0 saturated carbocycles. The molecule has 3 N–H and O–H groups in total. The highest BCUT2D eigenvalue weighted by Gasteiger charge is 2.19. The second-order valence-electron chi connectivity index (χ2n) is 6.11. The van der Waals surface area contributed by atoms with Crippen LogP contribution in [0.4, 0.5) is 10.5 Å². The van der Waals surface area contributed by atoms with Crippen LogP contribution in [0, 0.1) is 13.8 Å². The number of aryl methyl sites for hydroxylation is 2. The van der Waals surface area contributed by atoms with Crippen molar-refractivity contribution >= 4 is 17.6 Å². The van der Waals surface area contributed by atoms with E-state index in [2.05, 4.69) is 21.1 Å². The van der Waals surface area contributed by atoms with Crippen LogP contribution in [0.25, 0.3) is 0 Å². The molecule has 1 aromatic heterocycles. The van der Waals surface area contributed by atoms with Gasteiger partial charge in [0, 0.05) is 18.2 Å². The van der Waals surface area contributed by atoms with Gasteiger partial charge in [-0.05, 0) is 45.4 Å². The van der Waals surface area contributed by atoms with Crippen LogP contribution >= 0.6 is 0 Å². The fourth-order valence-corrected chi connectivity index (χ4v) is 2.79. The number of hydrogen-bond donors (Lipinski definition) is 3. The number of benzene rings is 1. The third kappa shape index (κ3) is 4.82. The summed E-state index contributed by atoms with van der Waals surface area (Å²) in [5, 5.41) is 12.4. The number of anilines is 1. The van der Waals surface area contributed by atoms with E-state index in [0.29, 0.717) is 11.4 Å². The Kier molecular flexibility index (Phi) is 5.80. The lowest BCUT2D eigenvalue weighted by atomic mass is 10.1. The van der Waals surface area contributed by atoms with Crippen LogP contribution < -0.4 is 16.0 Å². The molecule has 3 amide bonds. The van der Waals surface area contributed by atoms with Crippen molar-refractivity contribution in [3.63, 3.8) is 0 Å². The molecule has 0 radical (unpaired) electrons. The lowest BCUT2D eigenvalue weighted by molar-refractivity contribution is -0.114. The average molecular weight is 344 g/mol. The molecule has 1 aromatic carbocycles. The maximum atomic E-state index is 12.3. The van der Waals surface area contributed by atoms with Crippen molar-refractivity contribution in [1.82, 2.24) is 15.8 Å². The first-order valence-electron chi connectivity index (χ1n) is 8.15. The van der Waals surface area contributed by atoms with Crippen molar-refractivity contribution in [2.45, 2.75) is 46.7 Å². The minimum absolute atomic E-state index is 0.135. The number of nitrogens with zero attached hydrogens (tertiary/aromatic N) is 1. The Bertz CT molecular complexity index is 750. The monoisotopic (exact) mass is 344 g/mol. The largest absolute Gasteiger partial charge is 0.361 e. The molecule has 0 saturated heterocycles. The van der Waals surface area contributed by atoms with Gasteiger partial charge in [-0.2, -0.15) is 0 Å². The zero-order valence-electron chi connectivity index (χ0n) is 15.1.